The molecule has 1 aliphatic rings. The van der Waals surface area contributed by atoms with Gasteiger partial charge in [-0.1, -0.05) is 50.6 Å². The Morgan fingerprint density at radius 2 is 1.90 bits per heavy atom. The van der Waals surface area contributed by atoms with Crippen LogP contribution in [0.25, 0.3) is 0 Å². The van der Waals surface area contributed by atoms with E-state index < -0.39 is 0 Å². The van der Waals surface area contributed by atoms with Crippen molar-refractivity contribution in [2.45, 2.75) is 60.0 Å². The molecule has 1 heterocycles. The number of carbonyl (C=O) groups excluding carboxylic acids is 1. The Balaban J connectivity index is 0.00000450. The van der Waals surface area contributed by atoms with Gasteiger partial charge in [-0.3, -0.25) is 14.7 Å². The van der Waals surface area contributed by atoms with Crippen LogP contribution in [-0.4, -0.2) is 55.5 Å². The lowest BCUT2D eigenvalue weighted by molar-refractivity contribution is -0.128. The number of hydrogen-bond acceptors (Lipinski definition) is 3. The van der Waals surface area contributed by atoms with Gasteiger partial charge >= 0.3 is 0 Å². The van der Waals surface area contributed by atoms with Crippen molar-refractivity contribution in [2.24, 2.45) is 10.4 Å². The molecule has 170 valence electrons. The van der Waals surface area contributed by atoms with Gasteiger partial charge in [-0.05, 0) is 32.3 Å². The lowest BCUT2D eigenvalue weighted by Gasteiger charge is -2.33. The van der Waals surface area contributed by atoms with E-state index in [0.29, 0.717) is 19.1 Å². The van der Waals surface area contributed by atoms with Gasteiger partial charge in [-0.2, -0.15) is 0 Å². The van der Waals surface area contributed by atoms with E-state index in [0.717, 1.165) is 45.0 Å². The molecule has 0 spiro atoms. The molecule has 1 aromatic rings. The molecule has 0 bridgehead atoms. The maximum absolute atomic E-state index is 11.9. The van der Waals surface area contributed by atoms with Crippen molar-refractivity contribution >= 4 is 35.8 Å². The molecule has 0 atom stereocenters. The van der Waals surface area contributed by atoms with E-state index >= 15 is 0 Å². The zero-order chi connectivity index (χ0) is 21.3. The Morgan fingerprint density at radius 1 is 1.20 bits per heavy atom. The molecule has 1 fully saturated rings. The Bertz CT molecular complexity index is 678. The standard InChI is InChI=1S/C23H39N5O.HI/c1-6-24-22(26-13-12-25-21(29)23(3,4)5)27-20-10-14-28(15-11-20)17-19-9-7-8-18(2)16-19;/h7-9,16,20H,6,10-15,17H2,1-5H3,(H,25,29)(H2,24,26,27);1H. The zero-order valence-corrected chi connectivity index (χ0v) is 21.6. The molecule has 30 heavy (non-hydrogen) atoms. The highest BCUT2D eigenvalue weighted by Crippen LogP contribution is 2.15. The summed E-state index contributed by atoms with van der Waals surface area (Å²) in [6.45, 7) is 15.1. The summed E-state index contributed by atoms with van der Waals surface area (Å²) in [6, 6.07) is 9.22. The van der Waals surface area contributed by atoms with E-state index in [-0.39, 0.29) is 35.3 Å². The van der Waals surface area contributed by atoms with Gasteiger partial charge in [0.1, 0.15) is 0 Å². The summed E-state index contributed by atoms with van der Waals surface area (Å²) in [4.78, 5) is 19.1. The predicted molar refractivity (Wildman–Crippen MR) is 136 cm³/mol. The monoisotopic (exact) mass is 529 g/mol. The van der Waals surface area contributed by atoms with Crippen molar-refractivity contribution < 1.29 is 4.79 Å². The van der Waals surface area contributed by atoms with Crippen molar-refractivity contribution in [3.63, 3.8) is 0 Å². The number of likely N-dealkylation sites (tertiary alicyclic amines) is 1. The highest BCUT2D eigenvalue weighted by molar-refractivity contribution is 14.0. The zero-order valence-electron chi connectivity index (χ0n) is 19.3. The first-order valence-corrected chi connectivity index (χ1v) is 10.9. The summed E-state index contributed by atoms with van der Waals surface area (Å²) in [5.74, 6) is 0.904. The van der Waals surface area contributed by atoms with Gasteiger partial charge in [0.2, 0.25) is 5.91 Å². The van der Waals surface area contributed by atoms with Gasteiger partial charge in [0.25, 0.3) is 0 Å². The van der Waals surface area contributed by atoms with Crippen molar-refractivity contribution in [2.75, 3.05) is 32.7 Å². The number of piperidine rings is 1. The van der Waals surface area contributed by atoms with Crippen LogP contribution in [0.2, 0.25) is 0 Å². The van der Waals surface area contributed by atoms with E-state index in [2.05, 4.69) is 64.0 Å². The quantitative estimate of drug-likeness (QED) is 0.220. The molecule has 0 unspecified atom stereocenters. The molecule has 0 aromatic heterocycles. The average molecular weight is 530 g/mol. The third kappa shape index (κ3) is 9.64. The van der Waals surface area contributed by atoms with Gasteiger partial charge in [-0.15, -0.1) is 24.0 Å². The molecule has 0 saturated carbocycles. The van der Waals surface area contributed by atoms with Crippen molar-refractivity contribution in [3.05, 3.63) is 35.4 Å². The van der Waals surface area contributed by atoms with E-state index in [9.17, 15) is 4.79 Å². The van der Waals surface area contributed by atoms with Crippen LogP contribution in [0.15, 0.2) is 29.3 Å². The van der Waals surface area contributed by atoms with Crippen molar-refractivity contribution in [3.8, 4) is 0 Å². The first-order chi connectivity index (χ1) is 13.8. The lowest BCUT2D eigenvalue weighted by atomic mass is 9.96. The van der Waals surface area contributed by atoms with E-state index in [1.807, 2.05) is 20.8 Å². The fourth-order valence-corrected chi connectivity index (χ4v) is 3.42. The summed E-state index contributed by atoms with van der Waals surface area (Å²) >= 11 is 0. The Kier molecular flexibility index (Phi) is 11.7. The lowest BCUT2D eigenvalue weighted by Crippen LogP contribution is -2.48. The molecule has 0 aliphatic carbocycles. The number of hydrogen-bond donors (Lipinski definition) is 3. The summed E-state index contributed by atoms with van der Waals surface area (Å²) in [7, 11) is 0. The molecule has 1 saturated heterocycles. The molecule has 6 nitrogen and oxygen atoms in total. The maximum Gasteiger partial charge on any atom is 0.225 e. The largest absolute Gasteiger partial charge is 0.357 e. The number of nitrogens with zero attached hydrogens (tertiary/aromatic N) is 2. The second-order valence-corrected chi connectivity index (χ2v) is 8.95. The minimum absolute atomic E-state index is 0. The molecule has 2 rings (SSSR count). The van der Waals surface area contributed by atoms with Gasteiger partial charge in [0, 0.05) is 44.2 Å². The number of nitrogens with one attached hydrogen (secondary N) is 3. The molecule has 3 N–H and O–H groups in total. The van der Waals surface area contributed by atoms with Crippen LogP contribution in [0.3, 0.4) is 0 Å². The molecule has 1 aromatic carbocycles. The van der Waals surface area contributed by atoms with Crippen LogP contribution >= 0.6 is 24.0 Å². The second-order valence-electron chi connectivity index (χ2n) is 8.95. The molecule has 1 aliphatic heterocycles. The Morgan fingerprint density at radius 3 is 2.50 bits per heavy atom. The summed E-state index contributed by atoms with van der Waals surface area (Å²) < 4.78 is 0. The van der Waals surface area contributed by atoms with Crippen molar-refractivity contribution in [1.29, 1.82) is 0 Å². The normalized spacial score (nSPS) is 16.0. The van der Waals surface area contributed by atoms with Crippen molar-refractivity contribution in [1.82, 2.24) is 20.9 Å². The Labute approximate surface area is 199 Å². The number of carbonyl (C=O) groups is 1. The van der Waals surface area contributed by atoms with Gasteiger partial charge in [-0.25, -0.2) is 0 Å². The Hall–Kier alpha value is -1.35. The molecule has 1 amide bonds. The smallest absolute Gasteiger partial charge is 0.225 e. The number of halogens is 1. The average Bonchev–Trinajstić information content (AvgIpc) is 2.66. The minimum Gasteiger partial charge on any atom is -0.357 e. The number of guanidine groups is 1. The number of aliphatic imine (C=N–C) groups is 1. The van der Waals surface area contributed by atoms with E-state index in [4.69, 9.17) is 0 Å². The molecule has 0 radical (unpaired) electrons. The fourth-order valence-electron chi connectivity index (χ4n) is 3.42. The van der Waals surface area contributed by atoms with Crippen LogP contribution in [0, 0.1) is 12.3 Å². The van der Waals surface area contributed by atoms with E-state index in [1.165, 1.54) is 11.1 Å². The number of aryl methyl sites for hydroxylation is 1. The number of benzene rings is 1. The van der Waals surface area contributed by atoms with Crippen LogP contribution in [0.1, 0.15) is 51.7 Å². The molecule has 7 heteroatoms. The van der Waals surface area contributed by atoms with E-state index in [1.54, 1.807) is 0 Å². The summed E-state index contributed by atoms with van der Waals surface area (Å²) in [5, 5.41) is 9.83. The number of amides is 1. The fraction of sp³-hybridized carbons (Fsp3) is 0.652. The number of rotatable bonds is 7. The van der Waals surface area contributed by atoms with Crippen LogP contribution in [0.4, 0.5) is 0 Å². The van der Waals surface area contributed by atoms with Crippen LogP contribution in [-0.2, 0) is 11.3 Å². The molecular weight excluding hydrogens is 489 g/mol. The van der Waals surface area contributed by atoms with Crippen LogP contribution in [0.5, 0.6) is 0 Å². The third-order valence-corrected chi connectivity index (χ3v) is 5.11. The molecular formula is C23H40IN5O. The SMILES string of the molecule is CCNC(=NCCNC(=O)C(C)(C)C)NC1CCN(Cc2cccc(C)c2)CC1.I. The first kappa shape index (κ1) is 26.7. The highest BCUT2D eigenvalue weighted by Gasteiger charge is 2.21. The highest BCUT2D eigenvalue weighted by atomic mass is 127. The second kappa shape index (κ2) is 13.1. The van der Waals surface area contributed by atoms with Gasteiger partial charge in [0.15, 0.2) is 5.96 Å². The van der Waals surface area contributed by atoms with Gasteiger partial charge < -0.3 is 16.0 Å². The maximum atomic E-state index is 11.9. The topological polar surface area (TPSA) is 68.8 Å². The third-order valence-electron chi connectivity index (χ3n) is 5.11. The summed E-state index contributed by atoms with van der Waals surface area (Å²) in [5.41, 5.74) is 2.35. The first-order valence-electron chi connectivity index (χ1n) is 10.9. The summed E-state index contributed by atoms with van der Waals surface area (Å²) in [6.07, 6.45) is 2.22. The minimum atomic E-state index is -0.362. The van der Waals surface area contributed by atoms with Gasteiger partial charge in [0.05, 0.1) is 6.54 Å². The predicted octanol–water partition coefficient (Wildman–Crippen LogP) is 3.29. The van der Waals surface area contributed by atoms with Crippen LogP contribution < -0.4 is 16.0 Å².